The number of anilines is 2. The highest BCUT2D eigenvalue weighted by Crippen LogP contribution is 2.14. The van der Waals surface area contributed by atoms with Crippen LogP contribution in [0.2, 0.25) is 0 Å². The number of amides is 2. The van der Waals surface area contributed by atoms with E-state index >= 15 is 0 Å². The van der Waals surface area contributed by atoms with Crippen LogP contribution in [0.25, 0.3) is 0 Å². The number of rotatable bonds is 6. The summed E-state index contributed by atoms with van der Waals surface area (Å²) in [6, 6.07) is 14.6. The Labute approximate surface area is 136 Å². The van der Waals surface area contributed by atoms with E-state index in [2.05, 4.69) is 15.4 Å². The molecule has 0 aliphatic rings. The van der Waals surface area contributed by atoms with E-state index in [1.54, 1.807) is 24.3 Å². The van der Waals surface area contributed by atoms with Gasteiger partial charge in [0.2, 0.25) is 10.0 Å². The van der Waals surface area contributed by atoms with Crippen molar-refractivity contribution in [3.05, 3.63) is 54.6 Å². The van der Waals surface area contributed by atoms with Gasteiger partial charge in [0, 0.05) is 17.9 Å². The molecule has 3 N–H and O–H groups in total. The van der Waals surface area contributed by atoms with E-state index in [0.717, 1.165) is 6.42 Å². The minimum atomic E-state index is -3.49. The van der Waals surface area contributed by atoms with Gasteiger partial charge in [0.05, 0.1) is 4.90 Å². The monoisotopic (exact) mass is 333 g/mol. The van der Waals surface area contributed by atoms with E-state index in [9.17, 15) is 13.2 Å². The van der Waals surface area contributed by atoms with Crippen LogP contribution in [0.4, 0.5) is 16.2 Å². The maximum absolute atomic E-state index is 12.0. The molecule has 0 unspecified atom stereocenters. The molecule has 0 spiro atoms. The van der Waals surface area contributed by atoms with Gasteiger partial charge in [-0.1, -0.05) is 25.1 Å². The largest absolute Gasteiger partial charge is 0.323 e. The summed E-state index contributed by atoms with van der Waals surface area (Å²) in [5.41, 5.74) is 1.18. The second-order valence-corrected chi connectivity index (χ2v) is 6.63. The zero-order valence-electron chi connectivity index (χ0n) is 12.7. The van der Waals surface area contributed by atoms with Crippen molar-refractivity contribution in [2.45, 2.75) is 18.2 Å². The average molecular weight is 333 g/mol. The summed E-state index contributed by atoms with van der Waals surface area (Å²) in [6.07, 6.45) is 0.721. The summed E-state index contributed by atoms with van der Waals surface area (Å²) in [7, 11) is -3.49. The van der Waals surface area contributed by atoms with Crippen molar-refractivity contribution in [1.82, 2.24) is 4.72 Å². The molecule has 2 rings (SSSR count). The van der Waals surface area contributed by atoms with Gasteiger partial charge in [-0.25, -0.2) is 17.9 Å². The first kappa shape index (κ1) is 17.0. The SMILES string of the molecule is CCCNS(=O)(=O)c1ccc(NC(=O)Nc2ccccc2)cc1. The third-order valence-corrected chi connectivity index (χ3v) is 4.47. The third-order valence-electron chi connectivity index (χ3n) is 3.00. The number of para-hydroxylation sites is 1. The van der Waals surface area contributed by atoms with Crippen LogP contribution in [0.15, 0.2) is 59.5 Å². The molecule has 0 aromatic heterocycles. The molecule has 6 nitrogen and oxygen atoms in total. The average Bonchev–Trinajstić information content (AvgIpc) is 2.54. The first-order valence-electron chi connectivity index (χ1n) is 7.24. The lowest BCUT2D eigenvalue weighted by Crippen LogP contribution is -2.24. The molecule has 2 aromatic carbocycles. The summed E-state index contributed by atoms with van der Waals surface area (Å²) in [5, 5.41) is 5.33. The zero-order chi connectivity index (χ0) is 16.7. The van der Waals surface area contributed by atoms with E-state index in [-0.39, 0.29) is 4.90 Å². The quantitative estimate of drug-likeness (QED) is 0.759. The van der Waals surface area contributed by atoms with Crippen molar-refractivity contribution in [3.8, 4) is 0 Å². The van der Waals surface area contributed by atoms with Crippen molar-refractivity contribution in [2.24, 2.45) is 0 Å². The Kier molecular flexibility index (Phi) is 5.72. The van der Waals surface area contributed by atoms with Gasteiger partial charge in [0.15, 0.2) is 0 Å². The van der Waals surface area contributed by atoms with Gasteiger partial charge in [-0.15, -0.1) is 0 Å². The number of carbonyl (C=O) groups excluding carboxylic acids is 1. The van der Waals surface area contributed by atoms with Crippen LogP contribution in [-0.2, 0) is 10.0 Å². The molecule has 0 saturated carbocycles. The molecule has 0 bridgehead atoms. The van der Waals surface area contributed by atoms with Crippen molar-refractivity contribution < 1.29 is 13.2 Å². The van der Waals surface area contributed by atoms with Gasteiger partial charge < -0.3 is 10.6 Å². The van der Waals surface area contributed by atoms with E-state index in [1.165, 1.54) is 12.1 Å². The molecule has 23 heavy (non-hydrogen) atoms. The van der Waals surface area contributed by atoms with Crippen molar-refractivity contribution >= 4 is 27.4 Å². The molecular formula is C16H19N3O3S. The van der Waals surface area contributed by atoms with Gasteiger partial charge in [-0.3, -0.25) is 0 Å². The number of sulfonamides is 1. The van der Waals surface area contributed by atoms with Gasteiger partial charge in [-0.05, 0) is 42.8 Å². The molecule has 0 heterocycles. The summed E-state index contributed by atoms with van der Waals surface area (Å²) < 4.78 is 26.4. The van der Waals surface area contributed by atoms with E-state index in [1.807, 2.05) is 25.1 Å². The minimum absolute atomic E-state index is 0.167. The Morgan fingerprint density at radius 3 is 2.04 bits per heavy atom. The Balaban J connectivity index is 1.98. The van der Waals surface area contributed by atoms with Crippen LogP contribution < -0.4 is 15.4 Å². The Morgan fingerprint density at radius 2 is 1.48 bits per heavy atom. The molecule has 2 amide bonds. The standard InChI is InChI=1S/C16H19N3O3S/c1-2-12-17-23(21,22)15-10-8-14(9-11-15)19-16(20)18-13-6-4-3-5-7-13/h3-11,17H,2,12H2,1H3,(H2,18,19,20). The second-order valence-electron chi connectivity index (χ2n) is 4.87. The molecule has 2 aromatic rings. The predicted molar refractivity (Wildman–Crippen MR) is 91.0 cm³/mol. The lowest BCUT2D eigenvalue weighted by molar-refractivity contribution is 0.262. The molecule has 0 radical (unpaired) electrons. The molecule has 7 heteroatoms. The molecule has 0 saturated heterocycles. The first-order chi connectivity index (χ1) is 11.0. The maximum atomic E-state index is 12.0. The highest BCUT2D eigenvalue weighted by Gasteiger charge is 2.12. The summed E-state index contributed by atoms with van der Waals surface area (Å²) in [5.74, 6) is 0. The van der Waals surface area contributed by atoms with E-state index in [0.29, 0.717) is 17.9 Å². The van der Waals surface area contributed by atoms with Crippen LogP contribution in [0.1, 0.15) is 13.3 Å². The van der Waals surface area contributed by atoms with Gasteiger partial charge in [-0.2, -0.15) is 0 Å². The summed E-state index contributed by atoms with van der Waals surface area (Å²) in [4.78, 5) is 12.0. The van der Waals surface area contributed by atoms with Crippen molar-refractivity contribution in [3.63, 3.8) is 0 Å². The Hall–Kier alpha value is -2.38. The third kappa shape index (κ3) is 5.08. The molecule has 0 aliphatic carbocycles. The first-order valence-corrected chi connectivity index (χ1v) is 8.72. The second kappa shape index (κ2) is 7.75. The molecular weight excluding hydrogens is 314 g/mol. The summed E-state index contributed by atoms with van der Waals surface area (Å²) >= 11 is 0. The van der Waals surface area contributed by atoms with Crippen LogP contribution in [-0.4, -0.2) is 21.0 Å². The number of carbonyl (C=O) groups is 1. The fraction of sp³-hybridized carbons (Fsp3) is 0.188. The number of hydrogen-bond acceptors (Lipinski definition) is 3. The van der Waals surface area contributed by atoms with Crippen molar-refractivity contribution in [2.75, 3.05) is 17.2 Å². The van der Waals surface area contributed by atoms with E-state index in [4.69, 9.17) is 0 Å². The summed E-state index contributed by atoms with van der Waals surface area (Å²) in [6.45, 7) is 2.28. The topological polar surface area (TPSA) is 87.3 Å². The number of urea groups is 1. The number of nitrogens with one attached hydrogen (secondary N) is 3. The number of benzene rings is 2. The Morgan fingerprint density at radius 1 is 0.913 bits per heavy atom. The van der Waals surface area contributed by atoms with E-state index < -0.39 is 16.1 Å². The van der Waals surface area contributed by atoms with Gasteiger partial charge >= 0.3 is 6.03 Å². The molecule has 0 aliphatic heterocycles. The lowest BCUT2D eigenvalue weighted by Gasteiger charge is -2.09. The molecule has 0 fully saturated rings. The van der Waals surface area contributed by atoms with Crippen molar-refractivity contribution in [1.29, 1.82) is 0 Å². The maximum Gasteiger partial charge on any atom is 0.323 e. The molecule has 122 valence electrons. The smallest absolute Gasteiger partial charge is 0.308 e. The van der Waals surface area contributed by atoms with Crippen LogP contribution in [0.3, 0.4) is 0 Å². The van der Waals surface area contributed by atoms with Crippen LogP contribution in [0, 0.1) is 0 Å². The van der Waals surface area contributed by atoms with Crippen LogP contribution in [0.5, 0.6) is 0 Å². The number of hydrogen-bond donors (Lipinski definition) is 3. The predicted octanol–water partition coefficient (Wildman–Crippen LogP) is 3.02. The highest BCUT2D eigenvalue weighted by molar-refractivity contribution is 7.89. The lowest BCUT2D eigenvalue weighted by atomic mass is 10.3. The Bertz CT molecular complexity index is 744. The zero-order valence-corrected chi connectivity index (χ0v) is 13.6. The fourth-order valence-corrected chi connectivity index (χ4v) is 2.99. The minimum Gasteiger partial charge on any atom is -0.308 e. The normalized spacial score (nSPS) is 11.0. The van der Waals surface area contributed by atoms with Gasteiger partial charge in [0.1, 0.15) is 0 Å². The van der Waals surface area contributed by atoms with Gasteiger partial charge in [0.25, 0.3) is 0 Å². The van der Waals surface area contributed by atoms with Crippen LogP contribution >= 0.6 is 0 Å². The molecule has 0 atom stereocenters. The highest BCUT2D eigenvalue weighted by atomic mass is 32.2. The fourth-order valence-electron chi connectivity index (χ4n) is 1.85.